The Morgan fingerprint density at radius 2 is 1.71 bits per heavy atom. The SMILES string of the molecule is Cc1ccc(-c2[nH]c3ccc(C)cc3c2CC(=O)O)cc1. The van der Waals surface area contributed by atoms with Gasteiger partial charge in [-0.05, 0) is 37.1 Å². The lowest BCUT2D eigenvalue weighted by Gasteiger charge is -2.04. The molecule has 0 bridgehead atoms. The number of carbonyl (C=O) groups is 1. The Morgan fingerprint density at radius 1 is 1.05 bits per heavy atom. The van der Waals surface area contributed by atoms with Gasteiger partial charge in [0.2, 0.25) is 0 Å². The Bertz CT molecular complexity index is 813. The molecule has 0 spiro atoms. The van der Waals surface area contributed by atoms with E-state index in [-0.39, 0.29) is 6.42 Å². The van der Waals surface area contributed by atoms with Crippen LogP contribution in [0.15, 0.2) is 42.5 Å². The van der Waals surface area contributed by atoms with Gasteiger partial charge in [-0.15, -0.1) is 0 Å². The number of carboxylic acids is 1. The molecule has 0 fully saturated rings. The standard InChI is InChI=1S/C18H17NO2/c1-11-3-6-13(7-4-11)18-15(10-17(20)21)14-9-12(2)5-8-16(14)19-18/h3-9,19H,10H2,1-2H3,(H,20,21). The molecule has 0 atom stereocenters. The summed E-state index contributed by atoms with van der Waals surface area (Å²) in [5.41, 5.74) is 6.07. The molecule has 2 N–H and O–H groups in total. The molecular formula is C18H17NO2. The molecule has 2 aromatic carbocycles. The lowest BCUT2D eigenvalue weighted by atomic mass is 10.0. The van der Waals surface area contributed by atoms with Crippen molar-refractivity contribution in [2.75, 3.05) is 0 Å². The van der Waals surface area contributed by atoms with Gasteiger partial charge >= 0.3 is 5.97 Å². The van der Waals surface area contributed by atoms with E-state index in [4.69, 9.17) is 0 Å². The third-order valence-electron chi connectivity index (χ3n) is 3.73. The zero-order valence-electron chi connectivity index (χ0n) is 12.1. The molecule has 0 saturated carbocycles. The molecule has 0 aliphatic heterocycles. The molecule has 3 nitrogen and oxygen atoms in total. The Morgan fingerprint density at radius 3 is 2.38 bits per heavy atom. The van der Waals surface area contributed by atoms with Crippen molar-refractivity contribution in [2.45, 2.75) is 20.3 Å². The maximum Gasteiger partial charge on any atom is 0.307 e. The number of aliphatic carboxylic acids is 1. The highest BCUT2D eigenvalue weighted by molar-refractivity contribution is 5.94. The third-order valence-corrected chi connectivity index (χ3v) is 3.73. The summed E-state index contributed by atoms with van der Waals surface area (Å²) in [6.07, 6.45) is 0.0205. The first-order valence-electron chi connectivity index (χ1n) is 6.94. The summed E-state index contributed by atoms with van der Waals surface area (Å²) in [4.78, 5) is 14.6. The molecule has 0 radical (unpaired) electrons. The van der Waals surface area contributed by atoms with Crippen molar-refractivity contribution >= 4 is 16.9 Å². The Hall–Kier alpha value is -2.55. The second-order valence-electron chi connectivity index (χ2n) is 5.46. The minimum Gasteiger partial charge on any atom is -0.481 e. The van der Waals surface area contributed by atoms with Crippen LogP contribution in [0.2, 0.25) is 0 Å². The summed E-state index contributed by atoms with van der Waals surface area (Å²) in [6.45, 7) is 4.05. The first kappa shape index (κ1) is 13.4. The normalized spacial score (nSPS) is 11.0. The molecule has 0 aliphatic rings. The zero-order chi connectivity index (χ0) is 15.0. The van der Waals surface area contributed by atoms with Crippen LogP contribution in [0.5, 0.6) is 0 Å². The largest absolute Gasteiger partial charge is 0.481 e. The molecule has 3 rings (SSSR count). The van der Waals surface area contributed by atoms with Crippen LogP contribution >= 0.6 is 0 Å². The molecule has 0 unspecified atom stereocenters. The van der Waals surface area contributed by atoms with E-state index in [1.165, 1.54) is 5.56 Å². The van der Waals surface area contributed by atoms with Gasteiger partial charge in [-0.3, -0.25) is 4.79 Å². The number of carboxylic acid groups (broad SMARTS) is 1. The number of rotatable bonds is 3. The minimum absolute atomic E-state index is 0.0205. The predicted octanol–water partition coefficient (Wildman–Crippen LogP) is 4.08. The Balaban J connectivity index is 2.25. The van der Waals surface area contributed by atoms with Crippen molar-refractivity contribution in [3.8, 4) is 11.3 Å². The van der Waals surface area contributed by atoms with E-state index < -0.39 is 5.97 Å². The van der Waals surface area contributed by atoms with E-state index in [1.807, 2.05) is 56.3 Å². The van der Waals surface area contributed by atoms with Crippen LogP contribution < -0.4 is 0 Å². The Labute approximate surface area is 123 Å². The fraction of sp³-hybridized carbons (Fsp3) is 0.167. The van der Waals surface area contributed by atoms with Crippen molar-refractivity contribution in [1.82, 2.24) is 4.98 Å². The first-order valence-corrected chi connectivity index (χ1v) is 6.94. The van der Waals surface area contributed by atoms with Crippen LogP contribution in [-0.2, 0) is 11.2 Å². The minimum atomic E-state index is -0.814. The van der Waals surface area contributed by atoms with Crippen molar-refractivity contribution in [1.29, 1.82) is 0 Å². The lowest BCUT2D eigenvalue weighted by molar-refractivity contribution is -0.136. The number of benzene rings is 2. The van der Waals surface area contributed by atoms with Crippen molar-refractivity contribution in [2.24, 2.45) is 0 Å². The molecular weight excluding hydrogens is 262 g/mol. The van der Waals surface area contributed by atoms with Crippen LogP contribution in [0.3, 0.4) is 0 Å². The monoisotopic (exact) mass is 279 g/mol. The number of fused-ring (bicyclic) bond motifs is 1. The van der Waals surface area contributed by atoms with E-state index in [9.17, 15) is 9.90 Å². The van der Waals surface area contributed by atoms with Gasteiger partial charge in [0.1, 0.15) is 0 Å². The average molecular weight is 279 g/mol. The smallest absolute Gasteiger partial charge is 0.307 e. The van der Waals surface area contributed by atoms with Gasteiger partial charge in [0.15, 0.2) is 0 Å². The first-order chi connectivity index (χ1) is 10.0. The average Bonchev–Trinajstić information content (AvgIpc) is 2.77. The van der Waals surface area contributed by atoms with Crippen molar-refractivity contribution in [3.05, 3.63) is 59.2 Å². The highest BCUT2D eigenvalue weighted by Crippen LogP contribution is 2.31. The quantitative estimate of drug-likeness (QED) is 0.759. The van der Waals surface area contributed by atoms with Crippen molar-refractivity contribution in [3.63, 3.8) is 0 Å². The predicted molar refractivity (Wildman–Crippen MR) is 84.5 cm³/mol. The van der Waals surface area contributed by atoms with Gasteiger partial charge in [0.25, 0.3) is 0 Å². The summed E-state index contributed by atoms with van der Waals surface area (Å²) in [7, 11) is 0. The molecule has 3 aromatic rings. The van der Waals surface area contributed by atoms with Gasteiger partial charge in [-0.2, -0.15) is 0 Å². The number of nitrogens with one attached hydrogen (secondary N) is 1. The number of H-pyrrole nitrogens is 1. The molecule has 3 heteroatoms. The number of aromatic amines is 1. The summed E-state index contributed by atoms with van der Waals surface area (Å²) >= 11 is 0. The number of aryl methyl sites for hydroxylation is 2. The van der Waals surface area contributed by atoms with E-state index >= 15 is 0 Å². The van der Waals surface area contributed by atoms with Gasteiger partial charge in [0.05, 0.1) is 12.1 Å². The van der Waals surface area contributed by atoms with E-state index in [0.29, 0.717) is 0 Å². The molecule has 0 aliphatic carbocycles. The molecule has 106 valence electrons. The fourth-order valence-electron chi connectivity index (χ4n) is 2.66. The fourth-order valence-corrected chi connectivity index (χ4v) is 2.66. The lowest BCUT2D eigenvalue weighted by Crippen LogP contribution is -2.01. The van der Waals surface area contributed by atoms with Crippen LogP contribution in [0, 0.1) is 13.8 Å². The van der Waals surface area contributed by atoms with Crippen LogP contribution in [-0.4, -0.2) is 16.1 Å². The second kappa shape index (κ2) is 5.09. The molecule has 0 amide bonds. The van der Waals surface area contributed by atoms with E-state index in [1.54, 1.807) is 0 Å². The highest BCUT2D eigenvalue weighted by atomic mass is 16.4. The highest BCUT2D eigenvalue weighted by Gasteiger charge is 2.15. The third kappa shape index (κ3) is 2.55. The summed E-state index contributed by atoms with van der Waals surface area (Å²) in [5, 5.41) is 10.2. The Kier molecular flexibility index (Phi) is 3.26. The van der Waals surface area contributed by atoms with E-state index in [0.717, 1.165) is 33.3 Å². The van der Waals surface area contributed by atoms with Gasteiger partial charge in [-0.1, -0.05) is 41.5 Å². The second-order valence-corrected chi connectivity index (χ2v) is 5.46. The zero-order valence-corrected chi connectivity index (χ0v) is 12.1. The summed E-state index contributed by atoms with van der Waals surface area (Å²) in [6, 6.07) is 14.2. The molecule has 21 heavy (non-hydrogen) atoms. The molecule has 1 aromatic heterocycles. The van der Waals surface area contributed by atoms with Gasteiger partial charge < -0.3 is 10.1 Å². The summed E-state index contributed by atoms with van der Waals surface area (Å²) < 4.78 is 0. The maximum atomic E-state index is 11.2. The topological polar surface area (TPSA) is 53.1 Å². The molecule has 0 saturated heterocycles. The van der Waals surface area contributed by atoms with Crippen LogP contribution in [0.4, 0.5) is 0 Å². The molecule has 1 heterocycles. The number of hydrogen-bond donors (Lipinski definition) is 2. The van der Waals surface area contributed by atoms with Gasteiger partial charge in [0, 0.05) is 10.9 Å². The van der Waals surface area contributed by atoms with Crippen molar-refractivity contribution < 1.29 is 9.90 Å². The number of aromatic nitrogens is 1. The number of hydrogen-bond acceptors (Lipinski definition) is 1. The van der Waals surface area contributed by atoms with Gasteiger partial charge in [-0.25, -0.2) is 0 Å². The summed E-state index contributed by atoms with van der Waals surface area (Å²) in [5.74, 6) is -0.814. The maximum absolute atomic E-state index is 11.2. The van der Waals surface area contributed by atoms with E-state index in [2.05, 4.69) is 4.98 Å². The van der Waals surface area contributed by atoms with Crippen LogP contribution in [0.1, 0.15) is 16.7 Å². The van der Waals surface area contributed by atoms with Crippen LogP contribution in [0.25, 0.3) is 22.2 Å².